The minimum atomic E-state index is -0.244. The van der Waals surface area contributed by atoms with Crippen LogP contribution >= 0.6 is 0 Å². The van der Waals surface area contributed by atoms with Gasteiger partial charge >= 0.3 is 5.97 Å². The molecule has 2 N–H and O–H groups in total. The molecular formula is C13H19NO3. The van der Waals surface area contributed by atoms with Crippen molar-refractivity contribution in [3.63, 3.8) is 0 Å². The van der Waals surface area contributed by atoms with Gasteiger partial charge in [0, 0.05) is 6.54 Å². The molecule has 0 aliphatic carbocycles. The first-order chi connectivity index (χ1) is 8.11. The van der Waals surface area contributed by atoms with Gasteiger partial charge in [-0.3, -0.25) is 4.79 Å². The van der Waals surface area contributed by atoms with Gasteiger partial charge in [0.05, 0.1) is 19.3 Å². The number of carbonyl (C=O) groups is 1. The second-order valence-corrected chi connectivity index (χ2v) is 4.12. The summed E-state index contributed by atoms with van der Waals surface area (Å²) in [5, 5.41) is 11.9. The molecule has 1 aromatic carbocycles. The maximum atomic E-state index is 11.2. The van der Waals surface area contributed by atoms with E-state index in [-0.39, 0.29) is 25.2 Å². The Balaban J connectivity index is 2.28. The van der Waals surface area contributed by atoms with Gasteiger partial charge in [-0.1, -0.05) is 24.3 Å². The number of nitrogens with one attached hydrogen (secondary N) is 1. The minimum absolute atomic E-state index is 0.0500. The van der Waals surface area contributed by atoms with E-state index in [4.69, 9.17) is 9.84 Å². The van der Waals surface area contributed by atoms with Gasteiger partial charge in [0.25, 0.3) is 0 Å². The molecule has 0 unspecified atom stereocenters. The Hall–Kier alpha value is -1.39. The van der Waals surface area contributed by atoms with E-state index < -0.39 is 0 Å². The fraction of sp³-hybridized carbons (Fsp3) is 0.462. The van der Waals surface area contributed by atoms with Crippen molar-refractivity contribution >= 4 is 5.97 Å². The van der Waals surface area contributed by atoms with Crippen LogP contribution in [0.2, 0.25) is 0 Å². The van der Waals surface area contributed by atoms with Gasteiger partial charge < -0.3 is 15.2 Å². The summed E-state index contributed by atoms with van der Waals surface area (Å²) in [5.74, 6) is -0.244. The maximum Gasteiger partial charge on any atom is 0.320 e. The molecule has 0 saturated carbocycles. The van der Waals surface area contributed by atoms with Crippen LogP contribution in [-0.2, 0) is 22.7 Å². The fourth-order valence-electron chi connectivity index (χ4n) is 1.38. The van der Waals surface area contributed by atoms with E-state index in [0.717, 1.165) is 11.1 Å². The number of ether oxygens (including phenoxy) is 1. The number of benzene rings is 1. The number of hydrogen-bond donors (Lipinski definition) is 2. The predicted molar refractivity (Wildman–Crippen MR) is 65.3 cm³/mol. The molecular weight excluding hydrogens is 218 g/mol. The van der Waals surface area contributed by atoms with Crippen LogP contribution in [0.25, 0.3) is 0 Å². The summed E-state index contributed by atoms with van der Waals surface area (Å²) in [6.07, 6.45) is -0.0758. The molecule has 4 nitrogen and oxygen atoms in total. The van der Waals surface area contributed by atoms with Crippen molar-refractivity contribution in [1.82, 2.24) is 5.32 Å². The molecule has 0 bridgehead atoms. The Kier molecular flexibility index (Phi) is 5.66. The summed E-state index contributed by atoms with van der Waals surface area (Å²) < 4.78 is 4.99. The zero-order chi connectivity index (χ0) is 12.7. The molecule has 0 aliphatic heterocycles. The monoisotopic (exact) mass is 237 g/mol. The average molecular weight is 237 g/mol. The molecule has 1 rings (SSSR count). The Morgan fingerprint density at radius 3 is 2.41 bits per heavy atom. The van der Waals surface area contributed by atoms with Crippen LogP contribution in [0.1, 0.15) is 25.0 Å². The molecule has 0 saturated heterocycles. The summed E-state index contributed by atoms with van der Waals surface area (Å²) in [5.41, 5.74) is 1.95. The highest BCUT2D eigenvalue weighted by Crippen LogP contribution is 2.03. The Morgan fingerprint density at radius 2 is 1.88 bits per heavy atom. The number of esters is 1. The first kappa shape index (κ1) is 13.7. The molecule has 0 aliphatic rings. The first-order valence-corrected chi connectivity index (χ1v) is 5.70. The summed E-state index contributed by atoms with van der Waals surface area (Å²) >= 11 is 0. The number of rotatable bonds is 6. The Morgan fingerprint density at radius 1 is 1.29 bits per heavy atom. The molecule has 0 amide bonds. The zero-order valence-corrected chi connectivity index (χ0v) is 10.3. The third-order valence-electron chi connectivity index (χ3n) is 2.17. The molecule has 0 atom stereocenters. The molecule has 17 heavy (non-hydrogen) atoms. The largest absolute Gasteiger partial charge is 0.462 e. The van der Waals surface area contributed by atoms with Crippen LogP contribution < -0.4 is 5.32 Å². The van der Waals surface area contributed by atoms with Gasteiger partial charge in [-0.2, -0.15) is 0 Å². The summed E-state index contributed by atoms with van der Waals surface area (Å²) in [6, 6.07) is 7.57. The van der Waals surface area contributed by atoms with E-state index in [0.29, 0.717) is 6.54 Å². The van der Waals surface area contributed by atoms with Gasteiger partial charge in [-0.15, -0.1) is 0 Å². The van der Waals surface area contributed by atoms with Crippen LogP contribution in [0.4, 0.5) is 0 Å². The van der Waals surface area contributed by atoms with E-state index in [1.165, 1.54) is 0 Å². The maximum absolute atomic E-state index is 11.2. The SMILES string of the molecule is CC(C)OC(=O)CNCc1ccc(CO)cc1. The highest BCUT2D eigenvalue weighted by atomic mass is 16.5. The van der Waals surface area contributed by atoms with Crippen molar-refractivity contribution in [2.24, 2.45) is 0 Å². The highest BCUT2D eigenvalue weighted by molar-refractivity contribution is 5.71. The minimum Gasteiger partial charge on any atom is -0.462 e. The number of carbonyl (C=O) groups excluding carboxylic acids is 1. The standard InChI is InChI=1S/C13H19NO3/c1-10(2)17-13(16)8-14-7-11-3-5-12(9-15)6-4-11/h3-6,10,14-15H,7-9H2,1-2H3. The van der Waals surface area contributed by atoms with Crippen LogP contribution in [0, 0.1) is 0 Å². The number of aliphatic hydroxyl groups is 1. The second kappa shape index (κ2) is 7.04. The normalized spacial score (nSPS) is 10.6. The van der Waals surface area contributed by atoms with Crippen molar-refractivity contribution in [1.29, 1.82) is 0 Å². The Labute approximate surface area is 102 Å². The first-order valence-electron chi connectivity index (χ1n) is 5.70. The lowest BCUT2D eigenvalue weighted by Crippen LogP contribution is -2.26. The molecule has 0 radical (unpaired) electrons. The van der Waals surface area contributed by atoms with Crippen molar-refractivity contribution in [3.8, 4) is 0 Å². The zero-order valence-electron chi connectivity index (χ0n) is 10.3. The highest BCUT2D eigenvalue weighted by Gasteiger charge is 2.04. The molecule has 0 spiro atoms. The van der Waals surface area contributed by atoms with Gasteiger partial charge in [-0.05, 0) is 25.0 Å². The Bertz CT molecular complexity index is 346. The molecule has 0 heterocycles. The van der Waals surface area contributed by atoms with Crippen molar-refractivity contribution in [3.05, 3.63) is 35.4 Å². The lowest BCUT2D eigenvalue weighted by molar-refractivity contribution is -0.146. The lowest BCUT2D eigenvalue weighted by Gasteiger charge is -2.09. The van der Waals surface area contributed by atoms with E-state index in [2.05, 4.69) is 5.32 Å². The van der Waals surface area contributed by atoms with E-state index >= 15 is 0 Å². The summed E-state index contributed by atoms with van der Waals surface area (Å²) in [7, 11) is 0. The summed E-state index contributed by atoms with van der Waals surface area (Å²) in [4.78, 5) is 11.2. The molecule has 94 valence electrons. The van der Waals surface area contributed by atoms with Crippen molar-refractivity contribution in [2.75, 3.05) is 6.54 Å². The summed E-state index contributed by atoms with van der Waals surface area (Å²) in [6.45, 7) is 4.52. The molecule has 1 aromatic rings. The van der Waals surface area contributed by atoms with Crippen LogP contribution in [0.5, 0.6) is 0 Å². The smallest absolute Gasteiger partial charge is 0.320 e. The lowest BCUT2D eigenvalue weighted by atomic mass is 10.1. The average Bonchev–Trinajstić information content (AvgIpc) is 2.29. The number of aliphatic hydroxyl groups excluding tert-OH is 1. The molecule has 4 heteroatoms. The topological polar surface area (TPSA) is 58.6 Å². The predicted octanol–water partition coefficient (Wildman–Crippen LogP) is 1.22. The van der Waals surface area contributed by atoms with Crippen LogP contribution in [0.15, 0.2) is 24.3 Å². The van der Waals surface area contributed by atoms with E-state index in [1.54, 1.807) is 0 Å². The third-order valence-corrected chi connectivity index (χ3v) is 2.17. The van der Waals surface area contributed by atoms with Crippen molar-refractivity contribution < 1.29 is 14.6 Å². The third kappa shape index (κ3) is 5.47. The fourth-order valence-corrected chi connectivity index (χ4v) is 1.38. The van der Waals surface area contributed by atoms with Gasteiger partial charge in [0.15, 0.2) is 0 Å². The van der Waals surface area contributed by atoms with E-state index in [9.17, 15) is 4.79 Å². The quantitative estimate of drug-likeness (QED) is 0.730. The second-order valence-electron chi connectivity index (χ2n) is 4.12. The molecule has 0 aromatic heterocycles. The number of hydrogen-bond acceptors (Lipinski definition) is 4. The van der Waals surface area contributed by atoms with Crippen LogP contribution in [0.3, 0.4) is 0 Å². The van der Waals surface area contributed by atoms with E-state index in [1.807, 2.05) is 38.1 Å². The van der Waals surface area contributed by atoms with Gasteiger partial charge in [-0.25, -0.2) is 0 Å². The van der Waals surface area contributed by atoms with Gasteiger partial charge in [0.2, 0.25) is 0 Å². The van der Waals surface area contributed by atoms with Gasteiger partial charge in [0.1, 0.15) is 0 Å². The van der Waals surface area contributed by atoms with Crippen LogP contribution in [-0.4, -0.2) is 23.7 Å². The van der Waals surface area contributed by atoms with Crippen molar-refractivity contribution in [2.45, 2.75) is 33.1 Å². The molecule has 0 fully saturated rings.